The van der Waals surface area contributed by atoms with Crippen LogP contribution in [0.15, 0.2) is 54.6 Å². The highest BCUT2D eigenvalue weighted by Crippen LogP contribution is 2.34. The summed E-state index contributed by atoms with van der Waals surface area (Å²) >= 11 is 6.42. The van der Waals surface area contributed by atoms with Crippen LogP contribution in [0.25, 0.3) is 5.69 Å². The van der Waals surface area contributed by atoms with E-state index in [2.05, 4.69) is 18.7 Å². The van der Waals surface area contributed by atoms with Crippen LogP contribution in [0, 0.1) is 12.8 Å². The number of benzene rings is 2. The Morgan fingerprint density at radius 1 is 1.06 bits per heavy atom. The number of hydrogen-bond acceptors (Lipinski definition) is 6. The molecule has 0 aliphatic carbocycles. The van der Waals surface area contributed by atoms with Crippen LogP contribution >= 0.6 is 11.6 Å². The number of halogens is 1. The average molecular weight is 502 g/mol. The molecule has 1 unspecified atom stereocenters. The monoisotopic (exact) mass is 501 g/mol. The van der Waals surface area contributed by atoms with Gasteiger partial charge in [0.25, 0.3) is 0 Å². The number of nitrogens with zero attached hydrogens (tertiary/aromatic N) is 3. The molecule has 7 nitrogen and oxygen atoms in total. The average Bonchev–Trinajstić information content (AvgIpc) is 3.14. The molecule has 1 heterocycles. The molecule has 8 heteroatoms. The van der Waals surface area contributed by atoms with E-state index in [0.717, 1.165) is 16.9 Å². The van der Waals surface area contributed by atoms with E-state index in [9.17, 15) is 5.11 Å². The summed E-state index contributed by atoms with van der Waals surface area (Å²) in [6.45, 7) is 9.17. The van der Waals surface area contributed by atoms with E-state index < -0.39 is 6.10 Å². The molecular formula is C27H36ClN3O4. The Morgan fingerprint density at radius 2 is 1.77 bits per heavy atom. The second kappa shape index (κ2) is 13.6. The molecular weight excluding hydrogens is 466 g/mol. The summed E-state index contributed by atoms with van der Waals surface area (Å²) in [6, 6.07) is 17.2. The molecule has 3 aromatic rings. The van der Waals surface area contributed by atoms with E-state index >= 15 is 0 Å². The summed E-state index contributed by atoms with van der Waals surface area (Å²) in [6.07, 6.45) is -0.622. The summed E-state index contributed by atoms with van der Waals surface area (Å²) in [5, 5.41) is 15.9. The molecule has 0 bridgehead atoms. The quantitative estimate of drug-likeness (QED) is 0.331. The molecule has 0 saturated heterocycles. The number of aromatic nitrogens is 2. The van der Waals surface area contributed by atoms with Crippen molar-refractivity contribution in [2.75, 3.05) is 40.0 Å². The van der Waals surface area contributed by atoms with Gasteiger partial charge in [0, 0.05) is 33.4 Å². The predicted molar refractivity (Wildman–Crippen MR) is 139 cm³/mol. The first-order chi connectivity index (χ1) is 16.9. The molecule has 190 valence electrons. The standard InChI is InChI=1S/C27H36ClN3O4/c1-20(2)18-34-19-23(32)16-30(14-15-33-4)17-24-21(3)29-31(22-10-6-5-7-11-22)27(24)35-26-13-9-8-12-25(26)28/h5-13,20,23,32H,14-19H2,1-4H3. The van der Waals surface area contributed by atoms with E-state index in [-0.39, 0.29) is 6.61 Å². The van der Waals surface area contributed by atoms with Gasteiger partial charge in [0.15, 0.2) is 0 Å². The molecule has 2 aromatic carbocycles. The Bertz CT molecular complexity index is 1040. The van der Waals surface area contributed by atoms with Crippen molar-refractivity contribution in [2.45, 2.75) is 33.4 Å². The first-order valence-electron chi connectivity index (χ1n) is 11.9. The van der Waals surface area contributed by atoms with Crippen LogP contribution in [0.5, 0.6) is 11.6 Å². The van der Waals surface area contributed by atoms with E-state index in [1.807, 2.05) is 55.5 Å². The zero-order chi connectivity index (χ0) is 25.2. The molecule has 0 aliphatic rings. The smallest absolute Gasteiger partial charge is 0.227 e. The molecule has 0 fully saturated rings. The van der Waals surface area contributed by atoms with Crippen LogP contribution in [0.2, 0.25) is 5.02 Å². The van der Waals surface area contributed by atoms with Crippen LogP contribution in [-0.4, -0.2) is 65.9 Å². The third-order valence-corrected chi connectivity index (χ3v) is 5.72. The molecule has 0 amide bonds. The summed E-state index contributed by atoms with van der Waals surface area (Å²) in [4.78, 5) is 2.13. The molecule has 35 heavy (non-hydrogen) atoms. The van der Waals surface area contributed by atoms with Gasteiger partial charge in [-0.1, -0.05) is 55.8 Å². The van der Waals surface area contributed by atoms with Crippen LogP contribution in [0.4, 0.5) is 0 Å². The Hall–Kier alpha value is -2.42. The van der Waals surface area contributed by atoms with Gasteiger partial charge in [0.1, 0.15) is 5.75 Å². The van der Waals surface area contributed by atoms with Gasteiger partial charge in [-0.05, 0) is 37.1 Å². The fraction of sp³-hybridized carbons (Fsp3) is 0.444. The van der Waals surface area contributed by atoms with Crippen LogP contribution < -0.4 is 4.74 Å². The van der Waals surface area contributed by atoms with Gasteiger partial charge in [-0.2, -0.15) is 5.10 Å². The van der Waals surface area contributed by atoms with Gasteiger partial charge >= 0.3 is 0 Å². The first kappa shape index (κ1) is 27.2. The second-order valence-corrected chi connectivity index (χ2v) is 9.37. The highest BCUT2D eigenvalue weighted by molar-refractivity contribution is 6.32. The third kappa shape index (κ3) is 8.05. The highest BCUT2D eigenvalue weighted by Gasteiger charge is 2.23. The minimum atomic E-state index is -0.622. The van der Waals surface area contributed by atoms with Crippen molar-refractivity contribution in [3.63, 3.8) is 0 Å². The van der Waals surface area contributed by atoms with Crippen molar-refractivity contribution in [2.24, 2.45) is 5.92 Å². The fourth-order valence-electron chi connectivity index (χ4n) is 3.67. The summed E-state index contributed by atoms with van der Waals surface area (Å²) in [7, 11) is 1.67. The van der Waals surface area contributed by atoms with Gasteiger partial charge in [-0.15, -0.1) is 0 Å². The van der Waals surface area contributed by atoms with Crippen molar-refractivity contribution in [3.8, 4) is 17.3 Å². The zero-order valence-electron chi connectivity index (χ0n) is 21.0. The topological polar surface area (TPSA) is 69.0 Å². The van der Waals surface area contributed by atoms with Crippen molar-refractivity contribution in [1.82, 2.24) is 14.7 Å². The number of methoxy groups -OCH3 is 1. The summed E-state index contributed by atoms with van der Waals surface area (Å²) in [5.74, 6) is 1.57. The van der Waals surface area contributed by atoms with E-state index in [4.69, 9.17) is 30.9 Å². The first-order valence-corrected chi connectivity index (χ1v) is 12.3. The Kier molecular flexibility index (Phi) is 10.6. The normalized spacial score (nSPS) is 12.5. The number of aliphatic hydroxyl groups is 1. The molecule has 1 atom stereocenters. The lowest BCUT2D eigenvalue weighted by Crippen LogP contribution is -2.37. The minimum absolute atomic E-state index is 0.285. The number of hydrogen-bond donors (Lipinski definition) is 1. The lowest BCUT2D eigenvalue weighted by molar-refractivity contribution is 0.00324. The molecule has 0 radical (unpaired) electrons. The zero-order valence-corrected chi connectivity index (χ0v) is 21.7. The minimum Gasteiger partial charge on any atom is -0.437 e. The number of rotatable bonds is 14. The van der Waals surface area contributed by atoms with Crippen LogP contribution in [-0.2, 0) is 16.0 Å². The lowest BCUT2D eigenvalue weighted by atomic mass is 10.2. The van der Waals surface area contributed by atoms with Crippen molar-refractivity contribution < 1.29 is 19.3 Å². The maximum Gasteiger partial charge on any atom is 0.227 e. The number of aliphatic hydroxyl groups excluding tert-OH is 1. The summed E-state index contributed by atoms with van der Waals surface area (Å²) < 4.78 is 19.1. The second-order valence-electron chi connectivity index (χ2n) is 8.96. The molecule has 3 rings (SSSR count). The van der Waals surface area contributed by atoms with Gasteiger partial charge in [0.05, 0.1) is 41.3 Å². The molecule has 1 N–H and O–H groups in total. The summed E-state index contributed by atoms with van der Waals surface area (Å²) in [5.41, 5.74) is 2.64. The molecule has 0 saturated carbocycles. The van der Waals surface area contributed by atoms with Gasteiger partial charge in [0.2, 0.25) is 5.88 Å². The van der Waals surface area contributed by atoms with Gasteiger partial charge < -0.3 is 19.3 Å². The molecule has 0 aliphatic heterocycles. The number of para-hydroxylation sites is 2. The predicted octanol–water partition coefficient (Wildman–Crippen LogP) is 5.11. The van der Waals surface area contributed by atoms with E-state index in [0.29, 0.717) is 55.4 Å². The molecule has 1 aromatic heterocycles. The van der Waals surface area contributed by atoms with Crippen molar-refractivity contribution in [3.05, 3.63) is 70.9 Å². The number of ether oxygens (including phenoxy) is 3. The maximum atomic E-state index is 10.6. The van der Waals surface area contributed by atoms with Crippen molar-refractivity contribution in [1.29, 1.82) is 0 Å². The van der Waals surface area contributed by atoms with Gasteiger partial charge in [-0.3, -0.25) is 4.90 Å². The highest BCUT2D eigenvalue weighted by atomic mass is 35.5. The third-order valence-electron chi connectivity index (χ3n) is 5.41. The van der Waals surface area contributed by atoms with Crippen LogP contribution in [0.3, 0.4) is 0 Å². The van der Waals surface area contributed by atoms with Crippen molar-refractivity contribution >= 4 is 11.6 Å². The molecule has 0 spiro atoms. The Balaban J connectivity index is 1.90. The Morgan fingerprint density at radius 3 is 2.46 bits per heavy atom. The Labute approximate surface area is 213 Å². The van der Waals surface area contributed by atoms with E-state index in [1.165, 1.54) is 0 Å². The van der Waals surface area contributed by atoms with E-state index in [1.54, 1.807) is 17.9 Å². The largest absolute Gasteiger partial charge is 0.437 e. The van der Waals surface area contributed by atoms with Gasteiger partial charge in [-0.25, -0.2) is 4.68 Å². The maximum absolute atomic E-state index is 10.6. The fourth-order valence-corrected chi connectivity index (χ4v) is 3.84. The van der Waals surface area contributed by atoms with Crippen LogP contribution in [0.1, 0.15) is 25.1 Å². The lowest BCUT2D eigenvalue weighted by Gasteiger charge is -2.25. The number of aryl methyl sites for hydroxylation is 1. The SMILES string of the molecule is COCCN(Cc1c(C)nn(-c2ccccc2)c1Oc1ccccc1Cl)CC(O)COCC(C)C.